The Hall–Kier alpha value is -1.81. The molecule has 0 unspecified atom stereocenters. The zero-order valence-corrected chi connectivity index (χ0v) is 11.2. The molecule has 2 aromatic rings. The van der Waals surface area contributed by atoms with E-state index >= 15 is 0 Å². The molecule has 1 N–H and O–H groups in total. The van der Waals surface area contributed by atoms with Crippen LogP contribution in [-0.2, 0) is 13.0 Å². The highest BCUT2D eigenvalue weighted by Gasteiger charge is 2.02. The lowest BCUT2D eigenvalue weighted by Gasteiger charge is -2.06. The summed E-state index contributed by atoms with van der Waals surface area (Å²) in [6.45, 7) is 2.80. The molecule has 0 saturated heterocycles. The van der Waals surface area contributed by atoms with Crippen molar-refractivity contribution in [2.45, 2.75) is 19.9 Å². The number of halogens is 3. The van der Waals surface area contributed by atoms with Gasteiger partial charge in [0.1, 0.15) is 17.5 Å². The normalized spacial score (nSPS) is 10.8. The van der Waals surface area contributed by atoms with Crippen molar-refractivity contribution >= 4 is 0 Å². The van der Waals surface area contributed by atoms with Crippen LogP contribution in [-0.4, -0.2) is 6.54 Å². The summed E-state index contributed by atoms with van der Waals surface area (Å²) in [7, 11) is 0. The van der Waals surface area contributed by atoms with Crippen LogP contribution in [0.15, 0.2) is 36.4 Å². The fraction of sp³-hybridized carbons (Fsp3) is 0.250. The average Bonchev–Trinajstić information content (AvgIpc) is 2.38. The molecule has 0 aliphatic rings. The molecule has 0 bridgehead atoms. The number of benzene rings is 2. The molecule has 0 spiro atoms. The molecule has 0 radical (unpaired) electrons. The molecule has 0 amide bonds. The smallest absolute Gasteiger partial charge is 0.126 e. The molecule has 0 aromatic heterocycles. The lowest BCUT2D eigenvalue weighted by Crippen LogP contribution is -2.17. The van der Waals surface area contributed by atoms with Gasteiger partial charge in [0.15, 0.2) is 0 Å². The van der Waals surface area contributed by atoms with E-state index in [1.54, 1.807) is 13.0 Å². The Morgan fingerprint density at radius 1 is 0.900 bits per heavy atom. The summed E-state index contributed by atoms with van der Waals surface area (Å²) >= 11 is 0. The Kier molecular flexibility index (Phi) is 4.79. The highest BCUT2D eigenvalue weighted by Crippen LogP contribution is 2.10. The average molecular weight is 279 g/mol. The summed E-state index contributed by atoms with van der Waals surface area (Å²) in [6, 6.07) is 8.56. The van der Waals surface area contributed by atoms with Crippen LogP contribution in [0.2, 0.25) is 0 Å². The predicted octanol–water partition coefficient (Wildman–Crippen LogP) is 3.74. The van der Waals surface area contributed by atoms with Crippen molar-refractivity contribution in [2.75, 3.05) is 6.54 Å². The maximum atomic E-state index is 13.3. The van der Waals surface area contributed by atoms with Gasteiger partial charge in [0.2, 0.25) is 0 Å². The third-order valence-electron chi connectivity index (χ3n) is 3.08. The molecular formula is C16H16F3N. The molecule has 0 heterocycles. The molecule has 0 aliphatic carbocycles. The van der Waals surface area contributed by atoms with Gasteiger partial charge >= 0.3 is 0 Å². The first-order valence-electron chi connectivity index (χ1n) is 6.45. The van der Waals surface area contributed by atoms with Crippen molar-refractivity contribution in [2.24, 2.45) is 0 Å². The van der Waals surface area contributed by atoms with Crippen molar-refractivity contribution in [3.63, 3.8) is 0 Å². The number of hydrogen-bond acceptors (Lipinski definition) is 1. The van der Waals surface area contributed by atoms with Gasteiger partial charge < -0.3 is 5.32 Å². The van der Waals surface area contributed by atoms with Gasteiger partial charge in [0, 0.05) is 12.6 Å². The Bertz CT molecular complexity index is 576. The Balaban J connectivity index is 1.82. The topological polar surface area (TPSA) is 12.0 Å². The van der Waals surface area contributed by atoms with Crippen LogP contribution in [0.4, 0.5) is 13.2 Å². The quantitative estimate of drug-likeness (QED) is 0.822. The molecule has 4 heteroatoms. The van der Waals surface area contributed by atoms with E-state index < -0.39 is 11.6 Å². The van der Waals surface area contributed by atoms with Gasteiger partial charge in [0.05, 0.1) is 0 Å². The van der Waals surface area contributed by atoms with Crippen LogP contribution < -0.4 is 5.32 Å². The van der Waals surface area contributed by atoms with Crippen molar-refractivity contribution < 1.29 is 13.2 Å². The molecule has 2 rings (SSSR count). The monoisotopic (exact) mass is 279 g/mol. The molecule has 0 aliphatic heterocycles. The fourth-order valence-electron chi connectivity index (χ4n) is 1.97. The third kappa shape index (κ3) is 4.10. The van der Waals surface area contributed by atoms with E-state index in [9.17, 15) is 13.2 Å². The van der Waals surface area contributed by atoms with Crippen molar-refractivity contribution in [3.05, 3.63) is 70.5 Å². The van der Waals surface area contributed by atoms with Gasteiger partial charge in [-0.1, -0.05) is 12.1 Å². The van der Waals surface area contributed by atoms with Gasteiger partial charge in [-0.25, -0.2) is 13.2 Å². The molecule has 1 nitrogen and oxygen atoms in total. The molecular weight excluding hydrogens is 263 g/mol. The highest BCUT2D eigenvalue weighted by molar-refractivity contribution is 5.23. The van der Waals surface area contributed by atoms with Crippen molar-refractivity contribution in [1.82, 2.24) is 5.32 Å². The zero-order valence-electron chi connectivity index (χ0n) is 11.2. The molecule has 0 fully saturated rings. The molecule has 2 aromatic carbocycles. The van der Waals surface area contributed by atoms with Gasteiger partial charge in [-0.3, -0.25) is 0 Å². The maximum Gasteiger partial charge on any atom is 0.126 e. The summed E-state index contributed by atoms with van der Waals surface area (Å²) in [5, 5.41) is 3.12. The lowest BCUT2D eigenvalue weighted by molar-refractivity contribution is 0.577. The minimum atomic E-state index is -0.569. The maximum absolute atomic E-state index is 13.3. The van der Waals surface area contributed by atoms with Crippen LogP contribution in [0.25, 0.3) is 0 Å². The summed E-state index contributed by atoms with van der Waals surface area (Å²) < 4.78 is 39.3. The largest absolute Gasteiger partial charge is 0.312 e. The minimum Gasteiger partial charge on any atom is -0.312 e. The van der Waals surface area contributed by atoms with Crippen LogP contribution in [0, 0.1) is 24.4 Å². The van der Waals surface area contributed by atoms with E-state index in [0.29, 0.717) is 30.6 Å². The lowest BCUT2D eigenvalue weighted by atomic mass is 10.1. The van der Waals surface area contributed by atoms with E-state index in [1.807, 2.05) is 6.07 Å². The van der Waals surface area contributed by atoms with E-state index in [4.69, 9.17) is 0 Å². The molecule has 20 heavy (non-hydrogen) atoms. The first-order valence-corrected chi connectivity index (χ1v) is 6.45. The summed E-state index contributed by atoms with van der Waals surface area (Å²) in [4.78, 5) is 0. The minimum absolute atomic E-state index is 0.225. The van der Waals surface area contributed by atoms with Gasteiger partial charge in [-0.15, -0.1) is 0 Å². The second-order valence-corrected chi connectivity index (χ2v) is 4.79. The first-order chi connectivity index (χ1) is 9.54. The van der Waals surface area contributed by atoms with Gasteiger partial charge in [0.25, 0.3) is 0 Å². The second kappa shape index (κ2) is 6.57. The van der Waals surface area contributed by atoms with Gasteiger partial charge in [-0.05, 0) is 54.8 Å². The predicted molar refractivity (Wildman–Crippen MR) is 72.9 cm³/mol. The van der Waals surface area contributed by atoms with Crippen LogP contribution in [0.3, 0.4) is 0 Å². The van der Waals surface area contributed by atoms with E-state index in [2.05, 4.69) is 5.32 Å². The molecule has 0 saturated carbocycles. The van der Waals surface area contributed by atoms with Gasteiger partial charge in [-0.2, -0.15) is 0 Å². The Labute approximate surface area is 116 Å². The SMILES string of the molecule is Cc1ccc(CNCCc2cc(F)cc(F)c2)cc1F. The summed E-state index contributed by atoms with van der Waals surface area (Å²) in [5.41, 5.74) is 2.06. The van der Waals surface area contributed by atoms with Crippen LogP contribution in [0.5, 0.6) is 0 Å². The van der Waals surface area contributed by atoms with E-state index in [-0.39, 0.29) is 5.82 Å². The molecule has 0 atom stereocenters. The van der Waals surface area contributed by atoms with E-state index in [0.717, 1.165) is 11.6 Å². The number of hydrogen-bond donors (Lipinski definition) is 1. The Morgan fingerprint density at radius 2 is 1.60 bits per heavy atom. The van der Waals surface area contributed by atoms with Crippen molar-refractivity contribution in [1.29, 1.82) is 0 Å². The van der Waals surface area contributed by atoms with E-state index in [1.165, 1.54) is 18.2 Å². The summed E-state index contributed by atoms with van der Waals surface area (Å²) in [5.74, 6) is -1.36. The number of rotatable bonds is 5. The highest BCUT2D eigenvalue weighted by atomic mass is 19.1. The number of aryl methyl sites for hydroxylation is 1. The zero-order chi connectivity index (χ0) is 14.5. The fourth-order valence-corrected chi connectivity index (χ4v) is 1.97. The van der Waals surface area contributed by atoms with Crippen LogP contribution >= 0.6 is 0 Å². The third-order valence-corrected chi connectivity index (χ3v) is 3.08. The summed E-state index contributed by atoms with van der Waals surface area (Å²) in [6.07, 6.45) is 0.517. The number of nitrogens with one attached hydrogen (secondary N) is 1. The standard InChI is InChI=1S/C16H16F3N/c1-11-2-3-13(8-16(11)19)10-20-5-4-12-6-14(17)9-15(18)7-12/h2-3,6-9,20H,4-5,10H2,1H3. The van der Waals surface area contributed by atoms with Crippen LogP contribution in [0.1, 0.15) is 16.7 Å². The van der Waals surface area contributed by atoms with Crippen molar-refractivity contribution in [3.8, 4) is 0 Å². The second-order valence-electron chi connectivity index (χ2n) is 4.79. The molecule has 106 valence electrons. The first kappa shape index (κ1) is 14.6. The Morgan fingerprint density at radius 3 is 2.25 bits per heavy atom.